The van der Waals surface area contributed by atoms with Crippen molar-refractivity contribution in [3.63, 3.8) is 0 Å². The van der Waals surface area contributed by atoms with E-state index in [4.69, 9.17) is 4.74 Å². The van der Waals surface area contributed by atoms with Gasteiger partial charge in [-0.25, -0.2) is 0 Å². The third-order valence-corrected chi connectivity index (χ3v) is 5.45. The largest absolute Gasteiger partial charge is 0.468 e. The van der Waals surface area contributed by atoms with Gasteiger partial charge in [0.1, 0.15) is 6.04 Å². The second kappa shape index (κ2) is 8.93. The molecule has 5 nitrogen and oxygen atoms in total. The molecule has 1 heterocycles. The standard InChI is InChI=1S/C25H24N2O3/c1-30-25(29)23-15-20-7-5-6-8-21(20)17-27(23)16-18-11-13-19(14-12-18)24(28)26-22-9-3-2-4-10-22/h2-14,23H,15-17H2,1H3,(H,26,28). The van der Waals surface area contributed by atoms with Crippen LogP contribution in [-0.4, -0.2) is 29.9 Å². The van der Waals surface area contributed by atoms with Crippen LogP contribution in [0, 0.1) is 0 Å². The van der Waals surface area contributed by atoms with Crippen LogP contribution >= 0.6 is 0 Å². The molecule has 0 bridgehead atoms. The van der Waals surface area contributed by atoms with Crippen LogP contribution < -0.4 is 5.32 Å². The Labute approximate surface area is 176 Å². The Balaban J connectivity index is 1.47. The highest BCUT2D eigenvalue weighted by Crippen LogP contribution is 2.26. The van der Waals surface area contributed by atoms with Crippen molar-refractivity contribution in [2.75, 3.05) is 12.4 Å². The molecule has 30 heavy (non-hydrogen) atoms. The highest BCUT2D eigenvalue weighted by molar-refractivity contribution is 6.04. The van der Waals surface area contributed by atoms with Crippen LogP contribution in [0.15, 0.2) is 78.9 Å². The maximum Gasteiger partial charge on any atom is 0.323 e. The van der Waals surface area contributed by atoms with Crippen molar-refractivity contribution < 1.29 is 14.3 Å². The minimum Gasteiger partial charge on any atom is -0.468 e. The minimum atomic E-state index is -0.314. The van der Waals surface area contributed by atoms with Crippen molar-refractivity contribution in [1.82, 2.24) is 4.90 Å². The Morgan fingerprint density at radius 2 is 1.60 bits per heavy atom. The quantitative estimate of drug-likeness (QED) is 0.657. The topological polar surface area (TPSA) is 58.6 Å². The number of methoxy groups -OCH3 is 1. The van der Waals surface area contributed by atoms with E-state index in [0.29, 0.717) is 25.1 Å². The molecule has 5 heteroatoms. The van der Waals surface area contributed by atoms with Crippen LogP contribution in [0.5, 0.6) is 0 Å². The van der Waals surface area contributed by atoms with E-state index in [-0.39, 0.29) is 17.9 Å². The molecule has 0 fully saturated rings. The van der Waals surface area contributed by atoms with Crippen LogP contribution in [0.3, 0.4) is 0 Å². The van der Waals surface area contributed by atoms with E-state index < -0.39 is 0 Å². The molecule has 1 aliphatic heterocycles. The molecule has 1 N–H and O–H groups in total. The predicted octanol–water partition coefficient (Wildman–Crippen LogP) is 4.04. The fourth-order valence-electron chi connectivity index (χ4n) is 3.83. The van der Waals surface area contributed by atoms with Crippen LogP contribution in [0.4, 0.5) is 5.69 Å². The molecule has 0 aromatic heterocycles. The highest BCUT2D eigenvalue weighted by Gasteiger charge is 2.32. The van der Waals surface area contributed by atoms with E-state index in [2.05, 4.69) is 22.3 Å². The fraction of sp³-hybridized carbons (Fsp3) is 0.200. The lowest BCUT2D eigenvalue weighted by molar-refractivity contribution is -0.148. The molecule has 0 saturated carbocycles. The van der Waals surface area contributed by atoms with Gasteiger partial charge < -0.3 is 10.1 Å². The van der Waals surface area contributed by atoms with Crippen molar-refractivity contribution in [2.45, 2.75) is 25.6 Å². The smallest absolute Gasteiger partial charge is 0.323 e. The zero-order valence-electron chi connectivity index (χ0n) is 16.9. The predicted molar refractivity (Wildman–Crippen MR) is 116 cm³/mol. The number of hydrogen-bond acceptors (Lipinski definition) is 4. The van der Waals surface area contributed by atoms with E-state index in [1.807, 2.05) is 66.7 Å². The molecule has 0 aliphatic carbocycles. The maximum absolute atomic E-state index is 12.5. The summed E-state index contributed by atoms with van der Waals surface area (Å²) in [5, 5.41) is 2.89. The number of nitrogens with one attached hydrogen (secondary N) is 1. The summed E-state index contributed by atoms with van der Waals surface area (Å²) in [6.07, 6.45) is 0.639. The Hall–Kier alpha value is -3.44. The zero-order valence-corrected chi connectivity index (χ0v) is 16.9. The third kappa shape index (κ3) is 4.42. The number of ether oxygens (including phenoxy) is 1. The molecule has 1 amide bonds. The first-order valence-corrected chi connectivity index (χ1v) is 9.98. The monoisotopic (exact) mass is 400 g/mol. The van der Waals surface area contributed by atoms with Gasteiger partial charge in [-0.15, -0.1) is 0 Å². The lowest BCUT2D eigenvalue weighted by atomic mass is 9.93. The number of esters is 1. The molecule has 152 valence electrons. The fourth-order valence-corrected chi connectivity index (χ4v) is 3.83. The number of fused-ring (bicyclic) bond motifs is 1. The Morgan fingerprint density at radius 1 is 0.933 bits per heavy atom. The summed E-state index contributed by atoms with van der Waals surface area (Å²) in [4.78, 5) is 27.0. The summed E-state index contributed by atoms with van der Waals surface area (Å²) in [7, 11) is 1.43. The molecule has 1 unspecified atom stereocenters. The number of rotatable bonds is 5. The second-order valence-electron chi connectivity index (χ2n) is 7.43. The van der Waals surface area contributed by atoms with E-state index in [0.717, 1.165) is 11.3 Å². The number of hydrogen-bond donors (Lipinski definition) is 1. The van der Waals surface area contributed by atoms with Crippen LogP contribution in [0.2, 0.25) is 0 Å². The van der Waals surface area contributed by atoms with Crippen molar-refractivity contribution in [2.24, 2.45) is 0 Å². The van der Waals surface area contributed by atoms with Gasteiger partial charge in [-0.05, 0) is 47.4 Å². The molecular formula is C25H24N2O3. The summed E-state index contributed by atoms with van der Waals surface area (Å²) < 4.78 is 5.05. The number of benzene rings is 3. The van der Waals surface area contributed by atoms with E-state index in [9.17, 15) is 9.59 Å². The number of carbonyl (C=O) groups excluding carboxylic acids is 2. The lowest BCUT2D eigenvalue weighted by Crippen LogP contribution is -2.45. The average Bonchev–Trinajstić information content (AvgIpc) is 2.79. The number of anilines is 1. The van der Waals surface area contributed by atoms with Crippen molar-refractivity contribution in [1.29, 1.82) is 0 Å². The SMILES string of the molecule is COC(=O)C1Cc2ccccc2CN1Cc1ccc(C(=O)Nc2ccccc2)cc1. The van der Waals surface area contributed by atoms with Gasteiger partial charge in [-0.1, -0.05) is 54.6 Å². The van der Waals surface area contributed by atoms with E-state index in [1.165, 1.54) is 18.2 Å². The molecule has 1 aliphatic rings. The van der Waals surface area contributed by atoms with E-state index in [1.54, 1.807) is 0 Å². The zero-order chi connectivity index (χ0) is 20.9. The summed E-state index contributed by atoms with van der Waals surface area (Å²) in [5.74, 6) is -0.365. The first-order valence-electron chi connectivity index (χ1n) is 9.98. The van der Waals surface area contributed by atoms with Crippen molar-refractivity contribution >= 4 is 17.6 Å². The average molecular weight is 400 g/mol. The Kier molecular flexibility index (Phi) is 5.91. The number of amides is 1. The number of nitrogens with zero attached hydrogens (tertiary/aromatic N) is 1. The molecule has 3 aromatic rings. The van der Waals surface area contributed by atoms with Crippen LogP contribution in [-0.2, 0) is 29.0 Å². The molecule has 0 radical (unpaired) electrons. The first-order chi connectivity index (χ1) is 14.6. The Morgan fingerprint density at radius 3 is 2.30 bits per heavy atom. The summed E-state index contributed by atoms with van der Waals surface area (Å²) in [6.45, 7) is 1.29. The van der Waals surface area contributed by atoms with Crippen LogP contribution in [0.25, 0.3) is 0 Å². The third-order valence-electron chi connectivity index (χ3n) is 5.45. The summed E-state index contributed by atoms with van der Waals surface area (Å²) >= 11 is 0. The van der Waals surface area contributed by atoms with Gasteiger partial charge in [0.25, 0.3) is 5.91 Å². The summed E-state index contributed by atoms with van der Waals surface area (Å²) in [5.41, 5.74) is 4.82. The van der Waals surface area contributed by atoms with Gasteiger partial charge in [-0.3, -0.25) is 14.5 Å². The first kappa shape index (κ1) is 19.9. The van der Waals surface area contributed by atoms with Gasteiger partial charge in [0.15, 0.2) is 0 Å². The van der Waals surface area contributed by atoms with Gasteiger partial charge in [-0.2, -0.15) is 0 Å². The van der Waals surface area contributed by atoms with Gasteiger partial charge in [0, 0.05) is 24.3 Å². The van der Waals surface area contributed by atoms with Crippen molar-refractivity contribution in [3.05, 3.63) is 101 Å². The number of para-hydroxylation sites is 1. The van der Waals surface area contributed by atoms with Crippen molar-refractivity contribution in [3.8, 4) is 0 Å². The Bertz CT molecular complexity index is 1030. The molecule has 1 atom stereocenters. The summed E-state index contributed by atoms with van der Waals surface area (Å²) in [6, 6.07) is 24.8. The highest BCUT2D eigenvalue weighted by atomic mass is 16.5. The van der Waals surface area contributed by atoms with Gasteiger partial charge >= 0.3 is 5.97 Å². The minimum absolute atomic E-state index is 0.146. The molecule has 4 rings (SSSR count). The maximum atomic E-state index is 12.5. The second-order valence-corrected chi connectivity index (χ2v) is 7.43. The lowest BCUT2D eigenvalue weighted by Gasteiger charge is -2.35. The van der Waals surface area contributed by atoms with Gasteiger partial charge in [0.05, 0.1) is 7.11 Å². The number of carbonyl (C=O) groups is 2. The molecular weight excluding hydrogens is 376 g/mol. The van der Waals surface area contributed by atoms with Gasteiger partial charge in [0.2, 0.25) is 0 Å². The van der Waals surface area contributed by atoms with Crippen LogP contribution in [0.1, 0.15) is 27.0 Å². The van der Waals surface area contributed by atoms with E-state index >= 15 is 0 Å². The molecule has 0 saturated heterocycles. The normalized spacial score (nSPS) is 15.8. The molecule has 0 spiro atoms. The molecule has 3 aromatic carbocycles.